The van der Waals surface area contributed by atoms with Gasteiger partial charge in [-0.1, -0.05) is 13.3 Å². The highest BCUT2D eigenvalue weighted by atomic mass is 32.1. The molecule has 0 bridgehead atoms. The molecule has 0 saturated heterocycles. The lowest BCUT2D eigenvalue weighted by Gasteiger charge is -2.13. The first-order valence-electron chi connectivity index (χ1n) is 5.85. The molecule has 1 heterocycles. The van der Waals surface area contributed by atoms with Crippen LogP contribution in [0.15, 0.2) is 12.1 Å². The molecule has 0 spiro atoms. The van der Waals surface area contributed by atoms with Crippen LogP contribution < -0.4 is 10.6 Å². The van der Waals surface area contributed by atoms with Gasteiger partial charge >= 0.3 is 12.0 Å². The number of carboxylic acid groups (broad SMARTS) is 1. The predicted molar refractivity (Wildman–Crippen MR) is 70.8 cm³/mol. The molecule has 0 aromatic carbocycles. The average Bonchev–Trinajstić information content (AvgIpc) is 2.72. The molecular formula is C12H18N2O3S. The van der Waals surface area contributed by atoms with Crippen LogP contribution in [0.5, 0.6) is 0 Å². The van der Waals surface area contributed by atoms with Gasteiger partial charge in [-0.05, 0) is 25.5 Å². The molecule has 100 valence electrons. The summed E-state index contributed by atoms with van der Waals surface area (Å²) in [6.07, 6.45) is 1.14. The lowest BCUT2D eigenvalue weighted by atomic mass is 10.2. The molecule has 0 fully saturated rings. The maximum atomic E-state index is 11.5. The largest absolute Gasteiger partial charge is 0.480 e. The summed E-state index contributed by atoms with van der Waals surface area (Å²) in [6.45, 7) is 4.29. The molecule has 0 aliphatic heterocycles. The number of thiophene rings is 1. The van der Waals surface area contributed by atoms with Crippen LogP contribution in [0, 0.1) is 6.92 Å². The number of carbonyl (C=O) groups is 2. The van der Waals surface area contributed by atoms with Crippen molar-refractivity contribution in [1.29, 1.82) is 0 Å². The molecule has 0 saturated carbocycles. The SMILES string of the molecule is CCC[C@H](NC(=O)NCc1ccc(C)s1)C(=O)O. The number of rotatable bonds is 6. The summed E-state index contributed by atoms with van der Waals surface area (Å²) in [6, 6.07) is 2.67. The molecule has 6 heteroatoms. The number of aryl methyl sites for hydroxylation is 1. The van der Waals surface area contributed by atoms with Crippen molar-refractivity contribution in [3.8, 4) is 0 Å². The second-order valence-electron chi connectivity index (χ2n) is 4.02. The van der Waals surface area contributed by atoms with Gasteiger partial charge in [-0.3, -0.25) is 0 Å². The van der Waals surface area contributed by atoms with Crippen LogP contribution in [-0.4, -0.2) is 23.1 Å². The van der Waals surface area contributed by atoms with Gasteiger partial charge in [0.1, 0.15) is 6.04 Å². The Morgan fingerprint density at radius 3 is 2.67 bits per heavy atom. The summed E-state index contributed by atoms with van der Waals surface area (Å²) in [5.74, 6) is -1.00. The Bertz CT molecular complexity index is 417. The van der Waals surface area contributed by atoms with E-state index in [2.05, 4.69) is 10.6 Å². The van der Waals surface area contributed by atoms with E-state index in [1.54, 1.807) is 11.3 Å². The number of carbonyl (C=O) groups excluding carboxylic acids is 1. The van der Waals surface area contributed by atoms with E-state index in [4.69, 9.17) is 5.11 Å². The Balaban J connectivity index is 2.38. The molecular weight excluding hydrogens is 252 g/mol. The first-order valence-corrected chi connectivity index (χ1v) is 6.67. The fourth-order valence-corrected chi connectivity index (χ4v) is 2.33. The molecule has 0 radical (unpaired) electrons. The average molecular weight is 270 g/mol. The smallest absolute Gasteiger partial charge is 0.326 e. The summed E-state index contributed by atoms with van der Waals surface area (Å²) in [7, 11) is 0. The van der Waals surface area contributed by atoms with E-state index in [0.29, 0.717) is 19.4 Å². The van der Waals surface area contributed by atoms with Crippen LogP contribution in [0.25, 0.3) is 0 Å². The molecule has 5 nitrogen and oxygen atoms in total. The Kier molecular flexibility index (Phi) is 5.64. The van der Waals surface area contributed by atoms with Gasteiger partial charge in [0.05, 0.1) is 6.54 Å². The summed E-state index contributed by atoms with van der Waals surface area (Å²) in [5, 5.41) is 14.0. The molecule has 1 aromatic heterocycles. The minimum atomic E-state index is -1.00. The number of nitrogens with one attached hydrogen (secondary N) is 2. The maximum Gasteiger partial charge on any atom is 0.326 e. The Morgan fingerprint density at radius 1 is 1.44 bits per heavy atom. The molecule has 18 heavy (non-hydrogen) atoms. The van der Waals surface area contributed by atoms with E-state index >= 15 is 0 Å². The second-order valence-corrected chi connectivity index (χ2v) is 5.39. The van der Waals surface area contributed by atoms with Gasteiger partial charge in [0.15, 0.2) is 0 Å². The van der Waals surface area contributed by atoms with E-state index in [0.717, 1.165) is 4.88 Å². The van der Waals surface area contributed by atoms with Gasteiger partial charge in [-0.2, -0.15) is 0 Å². The van der Waals surface area contributed by atoms with Crippen molar-refractivity contribution in [3.05, 3.63) is 21.9 Å². The zero-order valence-corrected chi connectivity index (χ0v) is 11.3. The van der Waals surface area contributed by atoms with Crippen molar-refractivity contribution in [2.75, 3.05) is 0 Å². The summed E-state index contributed by atoms with van der Waals surface area (Å²) < 4.78 is 0. The third-order valence-corrected chi connectivity index (χ3v) is 3.40. The third-order valence-electron chi connectivity index (χ3n) is 2.40. The van der Waals surface area contributed by atoms with Crippen molar-refractivity contribution in [3.63, 3.8) is 0 Å². The van der Waals surface area contributed by atoms with Gasteiger partial charge in [0, 0.05) is 9.75 Å². The minimum Gasteiger partial charge on any atom is -0.480 e. The monoisotopic (exact) mass is 270 g/mol. The number of hydrogen-bond donors (Lipinski definition) is 3. The standard InChI is InChI=1S/C12H18N2O3S/c1-3-4-10(11(15)16)14-12(17)13-7-9-6-5-8(2)18-9/h5-6,10H,3-4,7H2,1-2H3,(H,15,16)(H2,13,14,17)/t10-/m0/s1. The van der Waals surface area contributed by atoms with Gasteiger partial charge in [-0.15, -0.1) is 11.3 Å². The van der Waals surface area contributed by atoms with E-state index in [1.165, 1.54) is 4.88 Å². The molecule has 1 atom stereocenters. The first-order chi connectivity index (χ1) is 8.52. The third kappa shape index (κ3) is 4.75. The van der Waals surface area contributed by atoms with Crippen molar-refractivity contribution < 1.29 is 14.7 Å². The van der Waals surface area contributed by atoms with Crippen LogP contribution in [0.3, 0.4) is 0 Å². The normalized spacial score (nSPS) is 11.9. The van der Waals surface area contributed by atoms with E-state index in [1.807, 2.05) is 26.0 Å². The van der Waals surface area contributed by atoms with E-state index in [-0.39, 0.29) is 0 Å². The van der Waals surface area contributed by atoms with Crippen LogP contribution in [0.2, 0.25) is 0 Å². The highest BCUT2D eigenvalue weighted by Crippen LogP contribution is 2.14. The van der Waals surface area contributed by atoms with Crippen molar-refractivity contribution in [2.45, 2.75) is 39.3 Å². The van der Waals surface area contributed by atoms with Crippen LogP contribution in [0.1, 0.15) is 29.5 Å². The van der Waals surface area contributed by atoms with Crippen molar-refractivity contribution in [2.24, 2.45) is 0 Å². The molecule has 3 N–H and O–H groups in total. The number of urea groups is 1. The zero-order valence-electron chi connectivity index (χ0n) is 10.5. The lowest BCUT2D eigenvalue weighted by Crippen LogP contribution is -2.45. The Morgan fingerprint density at radius 2 is 2.17 bits per heavy atom. The predicted octanol–water partition coefficient (Wildman–Crippen LogP) is 2.11. The van der Waals surface area contributed by atoms with Gasteiger partial charge < -0.3 is 15.7 Å². The number of carboxylic acids is 1. The number of amides is 2. The molecule has 2 amide bonds. The minimum absolute atomic E-state index is 0.419. The Hall–Kier alpha value is -1.56. The van der Waals surface area contributed by atoms with Gasteiger partial charge in [-0.25, -0.2) is 9.59 Å². The number of hydrogen-bond acceptors (Lipinski definition) is 3. The molecule has 0 unspecified atom stereocenters. The fraction of sp³-hybridized carbons (Fsp3) is 0.500. The molecule has 1 rings (SSSR count). The van der Waals surface area contributed by atoms with E-state index in [9.17, 15) is 9.59 Å². The maximum absolute atomic E-state index is 11.5. The lowest BCUT2D eigenvalue weighted by molar-refractivity contribution is -0.139. The summed E-state index contributed by atoms with van der Waals surface area (Å²) in [4.78, 5) is 24.6. The highest BCUT2D eigenvalue weighted by Gasteiger charge is 2.18. The second kappa shape index (κ2) is 7.00. The van der Waals surface area contributed by atoms with Crippen LogP contribution in [0.4, 0.5) is 4.79 Å². The Labute approximate surface area is 110 Å². The fourth-order valence-electron chi connectivity index (χ4n) is 1.50. The molecule has 0 aliphatic carbocycles. The van der Waals surface area contributed by atoms with E-state index < -0.39 is 18.0 Å². The van der Waals surface area contributed by atoms with Gasteiger partial charge in [0.25, 0.3) is 0 Å². The van der Waals surface area contributed by atoms with Crippen molar-refractivity contribution >= 4 is 23.3 Å². The topological polar surface area (TPSA) is 78.4 Å². The zero-order chi connectivity index (χ0) is 13.5. The first kappa shape index (κ1) is 14.5. The molecule has 0 aliphatic rings. The highest BCUT2D eigenvalue weighted by molar-refractivity contribution is 7.11. The number of aliphatic carboxylic acids is 1. The summed E-state index contributed by atoms with van der Waals surface area (Å²) in [5.41, 5.74) is 0. The van der Waals surface area contributed by atoms with Crippen LogP contribution in [-0.2, 0) is 11.3 Å². The van der Waals surface area contributed by atoms with Gasteiger partial charge in [0.2, 0.25) is 0 Å². The van der Waals surface area contributed by atoms with Crippen molar-refractivity contribution in [1.82, 2.24) is 10.6 Å². The quantitative estimate of drug-likeness (QED) is 0.740. The molecule has 1 aromatic rings. The van der Waals surface area contributed by atoms with Crippen LogP contribution >= 0.6 is 11.3 Å². The summed E-state index contributed by atoms with van der Waals surface area (Å²) >= 11 is 1.61.